The van der Waals surface area contributed by atoms with Gasteiger partial charge in [0.1, 0.15) is 11.4 Å². The number of para-hydroxylation sites is 1. The van der Waals surface area contributed by atoms with Gasteiger partial charge in [-0.25, -0.2) is 4.39 Å². The van der Waals surface area contributed by atoms with Crippen molar-refractivity contribution in [2.75, 3.05) is 7.11 Å². The third kappa shape index (κ3) is 1.58. The molecular weight excluding hydrogens is 195 g/mol. The van der Waals surface area contributed by atoms with Gasteiger partial charge in [-0.2, -0.15) is 5.10 Å². The summed E-state index contributed by atoms with van der Waals surface area (Å²) < 4.78 is 20.1. The maximum Gasteiger partial charge on any atom is 0.169 e. The van der Waals surface area contributed by atoms with Crippen LogP contribution in [0.2, 0.25) is 0 Å². The molecule has 0 saturated carbocycles. The molecule has 3 nitrogen and oxygen atoms in total. The summed E-state index contributed by atoms with van der Waals surface area (Å²) in [4.78, 5) is 0. The first kappa shape index (κ1) is 9.71. The fraction of sp³-hybridized carbons (Fsp3) is 0.182. The quantitative estimate of drug-likeness (QED) is 0.753. The van der Waals surface area contributed by atoms with Gasteiger partial charge in [0.15, 0.2) is 5.82 Å². The first-order valence-corrected chi connectivity index (χ1v) is 4.55. The molecule has 0 radical (unpaired) electrons. The number of methoxy groups -OCH3 is 1. The maximum absolute atomic E-state index is 13.5. The summed E-state index contributed by atoms with van der Waals surface area (Å²) in [6, 6.07) is 7.28. The number of hydrogen-bond donors (Lipinski definition) is 0. The molecule has 0 N–H and O–H groups in total. The first-order chi connectivity index (χ1) is 7.24. The molecule has 0 aliphatic rings. The molecule has 0 fully saturated rings. The monoisotopic (exact) mass is 206 g/mol. The van der Waals surface area contributed by atoms with Gasteiger partial charge in [-0.1, -0.05) is 12.1 Å². The molecule has 1 aromatic heterocycles. The van der Waals surface area contributed by atoms with Gasteiger partial charge in [0, 0.05) is 12.6 Å². The van der Waals surface area contributed by atoms with Crippen molar-refractivity contribution in [3.8, 4) is 17.0 Å². The summed E-state index contributed by atoms with van der Waals surface area (Å²) in [6.07, 6.45) is 1.20. The second kappa shape index (κ2) is 3.73. The van der Waals surface area contributed by atoms with Crippen molar-refractivity contribution >= 4 is 0 Å². The van der Waals surface area contributed by atoms with E-state index in [1.54, 1.807) is 26.3 Å². The lowest BCUT2D eigenvalue weighted by Crippen LogP contribution is -1.96. The number of nitrogens with zero attached hydrogens (tertiary/aromatic N) is 2. The van der Waals surface area contributed by atoms with Crippen molar-refractivity contribution in [1.29, 1.82) is 0 Å². The summed E-state index contributed by atoms with van der Waals surface area (Å²) >= 11 is 0. The van der Waals surface area contributed by atoms with Gasteiger partial charge in [-0.15, -0.1) is 0 Å². The van der Waals surface area contributed by atoms with E-state index in [0.717, 1.165) is 0 Å². The second-order valence-electron chi connectivity index (χ2n) is 3.17. The SMILES string of the molecule is COc1ccccc1-c1c(F)cnn1C. The van der Waals surface area contributed by atoms with E-state index in [2.05, 4.69) is 5.10 Å². The minimum Gasteiger partial charge on any atom is -0.496 e. The Morgan fingerprint density at radius 2 is 2.07 bits per heavy atom. The number of ether oxygens (including phenoxy) is 1. The minimum absolute atomic E-state index is 0.345. The molecule has 4 heteroatoms. The minimum atomic E-state index is -0.345. The van der Waals surface area contributed by atoms with E-state index < -0.39 is 0 Å². The zero-order chi connectivity index (χ0) is 10.8. The largest absolute Gasteiger partial charge is 0.496 e. The summed E-state index contributed by atoms with van der Waals surface area (Å²) in [7, 11) is 3.26. The van der Waals surface area contributed by atoms with E-state index >= 15 is 0 Å². The number of aryl methyl sites for hydroxylation is 1. The molecule has 1 heterocycles. The van der Waals surface area contributed by atoms with Crippen molar-refractivity contribution in [2.24, 2.45) is 7.05 Å². The Morgan fingerprint density at radius 1 is 1.33 bits per heavy atom. The molecule has 0 atom stereocenters. The average Bonchev–Trinajstić information content (AvgIpc) is 2.59. The third-order valence-corrected chi connectivity index (χ3v) is 2.26. The maximum atomic E-state index is 13.5. The van der Waals surface area contributed by atoms with Crippen LogP contribution in [0.1, 0.15) is 0 Å². The van der Waals surface area contributed by atoms with Crippen LogP contribution >= 0.6 is 0 Å². The van der Waals surface area contributed by atoms with Crippen LogP contribution in [0.3, 0.4) is 0 Å². The highest BCUT2D eigenvalue weighted by Crippen LogP contribution is 2.30. The number of rotatable bonds is 2. The Bertz CT molecular complexity index is 460. The van der Waals surface area contributed by atoms with Gasteiger partial charge in [0.2, 0.25) is 0 Å². The molecule has 0 saturated heterocycles. The third-order valence-electron chi connectivity index (χ3n) is 2.26. The molecule has 0 amide bonds. The van der Waals surface area contributed by atoms with Crippen LogP contribution in [0.5, 0.6) is 5.75 Å². The Hall–Kier alpha value is -1.84. The number of aromatic nitrogens is 2. The number of benzene rings is 1. The topological polar surface area (TPSA) is 27.1 Å². The smallest absolute Gasteiger partial charge is 0.169 e. The summed E-state index contributed by atoms with van der Waals surface area (Å²) in [5, 5.41) is 3.85. The van der Waals surface area contributed by atoms with Crippen molar-refractivity contribution in [3.05, 3.63) is 36.3 Å². The molecule has 1 aromatic carbocycles. The number of hydrogen-bond acceptors (Lipinski definition) is 2. The van der Waals surface area contributed by atoms with Crippen LogP contribution in [0.4, 0.5) is 4.39 Å². The lowest BCUT2D eigenvalue weighted by molar-refractivity contribution is 0.415. The van der Waals surface area contributed by atoms with Gasteiger partial charge >= 0.3 is 0 Å². The Labute approximate surface area is 87.1 Å². The van der Waals surface area contributed by atoms with Crippen LogP contribution in [-0.2, 0) is 7.05 Å². The summed E-state index contributed by atoms with van der Waals surface area (Å²) in [5.74, 6) is 0.294. The lowest BCUT2D eigenvalue weighted by Gasteiger charge is -2.08. The Morgan fingerprint density at radius 3 is 2.67 bits per heavy atom. The molecule has 0 spiro atoms. The van der Waals surface area contributed by atoms with Gasteiger partial charge in [0.05, 0.1) is 13.3 Å². The zero-order valence-electron chi connectivity index (χ0n) is 8.57. The normalized spacial score (nSPS) is 10.3. The van der Waals surface area contributed by atoms with Crippen LogP contribution < -0.4 is 4.74 Å². The summed E-state index contributed by atoms with van der Waals surface area (Å²) in [6.45, 7) is 0. The lowest BCUT2D eigenvalue weighted by atomic mass is 10.1. The van der Waals surface area contributed by atoms with Crippen molar-refractivity contribution < 1.29 is 9.13 Å². The highest BCUT2D eigenvalue weighted by Gasteiger charge is 2.14. The first-order valence-electron chi connectivity index (χ1n) is 4.55. The Kier molecular flexibility index (Phi) is 2.41. The van der Waals surface area contributed by atoms with E-state index in [1.807, 2.05) is 12.1 Å². The van der Waals surface area contributed by atoms with Crippen LogP contribution in [0, 0.1) is 5.82 Å². The molecule has 0 aliphatic carbocycles. The molecule has 2 rings (SSSR count). The average molecular weight is 206 g/mol. The Balaban J connectivity index is 2.63. The fourth-order valence-corrected chi connectivity index (χ4v) is 1.55. The molecule has 2 aromatic rings. The van der Waals surface area contributed by atoms with Crippen LogP contribution in [0.15, 0.2) is 30.5 Å². The van der Waals surface area contributed by atoms with E-state index in [-0.39, 0.29) is 5.82 Å². The predicted octanol–water partition coefficient (Wildman–Crippen LogP) is 2.23. The molecule has 0 unspecified atom stereocenters. The van der Waals surface area contributed by atoms with Gasteiger partial charge in [-0.05, 0) is 12.1 Å². The van der Waals surface area contributed by atoms with Gasteiger partial charge < -0.3 is 4.74 Å². The van der Waals surface area contributed by atoms with Crippen molar-refractivity contribution in [2.45, 2.75) is 0 Å². The predicted molar refractivity (Wildman–Crippen MR) is 55.2 cm³/mol. The molecular formula is C11H11FN2O. The van der Waals surface area contributed by atoms with E-state index in [9.17, 15) is 4.39 Å². The molecule has 15 heavy (non-hydrogen) atoms. The fourth-order valence-electron chi connectivity index (χ4n) is 1.55. The van der Waals surface area contributed by atoms with Gasteiger partial charge in [-0.3, -0.25) is 4.68 Å². The number of halogens is 1. The second-order valence-corrected chi connectivity index (χ2v) is 3.17. The molecule has 0 bridgehead atoms. The van der Waals surface area contributed by atoms with Crippen LogP contribution in [0.25, 0.3) is 11.3 Å². The standard InChI is InChI=1S/C11H11FN2O/c1-14-11(9(12)7-13-14)8-5-3-4-6-10(8)15-2/h3-7H,1-2H3. The zero-order valence-corrected chi connectivity index (χ0v) is 8.57. The highest BCUT2D eigenvalue weighted by atomic mass is 19.1. The van der Waals surface area contributed by atoms with E-state index in [1.165, 1.54) is 10.9 Å². The highest BCUT2D eigenvalue weighted by molar-refractivity contribution is 5.67. The summed E-state index contributed by atoms with van der Waals surface area (Å²) in [5.41, 5.74) is 1.14. The van der Waals surface area contributed by atoms with E-state index in [4.69, 9.17) is 4.74 Å². The van der Waals surface area contributed by atoms with Crippen LogP contribution in [-0.4, -0.2) is 16.9 Å². The van der Waals surface area contributed by atoms with E-state index in [0.29, 0.717) is 17.0 Å². The molecule has 0 aliphatic heterocycles. The molecule has 78 valence electrons. The van der Waals surface area contributed by atoms with Gasteiger partial charge in [0.25, 0.3) is 0 Å². The van der Waals surface area contributed by atoms with Crippen molar-refractivity contribution in [1.82, 2.24) is 9.78 Å². The van der Waals surface area contributed by atoms with Crippen molar-refractivity contribution in [3.63, 3.8) is 0 Å².